The molecule has 1 aromatic heterocycles. The van der Waals surface area contributed by atoms with Crippen molar-refractivity contribution < 1.29 is 4.79 Å². The van der Waals surface area contributed by atoms with Gasteiger partial charge in [-0.1, -0.05) is 22.0 Å². The quantitative estimate of drug-likeness (QED) is 0.918. The van der Waals surface area contributed by atoms with Crippen LogP contribution < -0.4 is 5.32 Å². The number of nitrogens with zero attached hydrogens (tertiary/aromatic N) is 2. The Bertz CT molecular complexity index is 521. The molecule has 5 heteroatoms. The van der Waals surface area contributed by atoms with Crippen LogP contribution in [-0.2, 0) is 7.05 Å². The lowest BCUT2D eigenvalue weighted by molar-refractivity contribution is 0.102. The fraction of sp³-hybridized carbons (Fsp3) is 0.0909. The first-order valence-electron chi connectivity index (χ1n) is 4.71. The Morgan fingerprint density at radius 3 is 2.94 bits per heavy atom. The number of aryl methyl sites for hydroxylation is 1. The van der Waals surface area contributed by atoms with Gasteiger partial charge in [-0.15, -0.1) is 0 Å². The molecule has 0 bridgehead atoms. The maximum atomic E-state index is 11.8. The van der Waals surface area contributed by atoms with E-state index in [4.69, 9.17) is 0 Å². The largest absolute Gasteiger partial charge is 0.322 e. The number of carbonyl (C=O) groups is 1. The second kappa shape index (κ2) is 4.49. The molecule has 2 rings (SSSR count). The lowest BCUT2D eigenvalue weighted by Crippen LogP contribution is -2.10. The number of aromatic nitrogens is 2. The molecule has 1 amide bonds. The minimum atomic E-state index is -0.161. The SMILES string of the molecule is Cn1cc(C(=O)Nc2cccc(Br)c2)cn1. The highest BCUT2D eigenvalue weighted by Gasteiger charge is 2.07. The zero-order valence-corrected chi connectivity index (χ0v) is 10.2. The molecule has 1 N–H and O–H groups in total. The topological polar surface area (TPSA) is 46.9 Å². The van der Waals surface area contributed by atoms with Crippen LogP contribution in [-0.4, -0.2) is 15.7 Å². The predicted molar refractivity (Wildman–Crippen MR) is 65.3 cm³/mol. The van der Waals surface area contributed by atoms with E-state index in [1.165, 1.54) is 6.20 Å². The summed E-state index contributed by atoms with van der Waals surface area (Å²) in [5, 5.41) is 6.73. The van der Waals surface area contributed by atoms with Crippen molar-refractivity contribution in [2.45, 2.75) is 0 Å². The van der Waals surface area contributed by atoms with E-state index in [2.05, 4.69) is 26.3 Å². The molecular weight excluding hydrogens is 270 g/mol. The number of halogens is 1. The molecule has 0 aliphatic heterocycles. The van der Waals surface area contributed by atoms with Gasteiger partial charge < -0.3 is 5.32 Å². The summed E-state index contributed by atoms with van der Waals surface area (Å²) >= 11 is 3.34. The van der Waals surface area contributed by atoms with Crippen molar-refractivity contribution in [3.8, 4) is 0 Å². The van der Waals surface area contributed by atoms with Crippen LogP contribution in [0.1, 0.15) is 10.4 Å². The Balaban J connectivity index is 2.13. The molecule has 0 unspecified atom stereocenters. The van der Waals surface area contributed by atoms with E-state index < -0.39 is 0 Å². The van der Waals surface area contributed by atoms with Crippen LogP contribution in [0.25, 0.3) is 0 Å². The second-order valence-corrected chi connectivity index (χ2v) is 4.28. The zero-order chi connectivity index (χ0) is 11.5. The van der Waals surface area contributed by atoms with Gasteiger partial charge >= 0.3 is 0 Å². The molecule has 16 heavy (non-hydrogen) atoms. The molecule has 1 heterocycles. The summed E-state index contributed by atoms with van der Waals surface area (Å²) in [6, 6.07) is 7.44. The molecule has 1 aromatic carbocycles. The Kier molecular flexibility index (Phi) is 3.05. The summed E-state index contributed by atoms with van der Waals surface area (Å²) in [4.78, 5) is 11.8. The monoisotopic (exact) mass is 279 g/mol. The van der Waals surface area contributed by atoms with Crippen molar-refractivity contribution in [3.05, 3.63) is 46.7 Å². The Hall–Kier alpha value is -1.62. The molecule has 0 saturated heterocycles. The van der Waals surface area contributed by atoms with Crippen LogP contribution in [0.3, 0.4) is 0 Å². The minimum Gasteiger partial charge on any atom is -0.322 e. The van der Waals surface area contributed by atoms with E-state index in [1.54, 1.807) is 17.9 Å². The summed E-state index contributed by atoms with van der Waals surface area (Å²) < 4.78 is 2.52. The summed E-state index contributed by atoms with van der Waals surface area (Å²) in [7, 11) is 1.77. The summed E-state index contributed by atoms with van der Waals surface area (Å²) in [6.45, 7) is 0. The molecule has 0 aliphatic rings. The maximum Gasteiger partial charge on any atom is 0.258 e. The van der Waals surface area contributed by atoms with Crippen molar-refractivity contribution in [3.63, 3.8) is 0 Å². The highest BCUT2D eigenvalue weighted by atomic mass is 79.9. The number of hydrogen-bond acceptors (Lipinski definition) is 2. The third-order valence-corrected chi connectivity index (χ3v) is 2.54. The second-order valence-electron chi connectivity index (χ2n) is 3.37. The molecule has 4 nitrogen and oxygen atoms in total. The zero-order valence-electron chi connectivity index (χ0n) is 8.64. The van der Waals surface area contributed by atoms with Crippen LogP contribution in [0.2, 0.25) is 0 Å². The van der Waals surface area contributed by atoms with Crippen molar-refractivity contribution in [2.75, 3.05) is 5.32 Å². The predicted octanol–water partition coefficient (Wildman–Crippen LogP) is 2.43. The highest BCUT2D eigenvalue weighted by Crippen LogP contribution is 2.16. The van der Waals surface area contributed by atoms with Gasteiger partial charge in [-0.2, -0.15) is 5.10 Å². The number of nitrogens with one attached hydrogen (secondary N) is 1. The van der Waals surface area contributed by atoms with Gasteiger partial charge in [-0.05, 0) is 18.2 Å². The third-order valence-electron chi connectivity index (χ3n) is 2.05. The van der Waals surface area contributed by atoms with Crippen LogP contribution in [0.4, 0.5) is 5.69 Å². The van der Waals surface area contributed by atoms with Crippen molar-refractivity contribution in [1.29, 1.82) is 0 Å². The van der Waals surface area contributed by atoms with Gasteiger partial charge in [0, 0.05) is 23.4 Å². The van der Waals surface area contributed by atoms with E-state index in [1.807, 2.05) is 24.3 Å². The Labute approximate surface area is 101 Å². The van der Waals surface area contributed by atoms with E-state index in [-0.39, 0.29) is 5.91 Å². The van der Waals surface area contributed by atoms with E-state index in [0.29, 0.717) is 5.56 Å². The number of anilines is 1. The highest BCUT2D eigenvalue weighted by molar-refractivity contribution is 9.10. The number of hydrogen-bond donors (Lipinski definition) is 1. The van der Waals surface area contributed by atoms with Gasteiger partial charge in [0.05, 0.1) is 11.8 Å². The van der Waals surface area contributed by atoms with E-state index >= 15 is 0 Å². The lowest BCUT2D eigenvalue weighted by Gasteiger charge is -2.03. The van der Waals surface area contributed by atoms with Gasteiger partial charge in [0.1, 0.15) is 0 Å². The number of amides is 1. The number of rotatable bonds is 2. The molecule has 0 fully saturated rings. The molecule has 0 atom stereocenters. The minimum absolute atomic E-state index is 0.161. The van der Waals surface area contributed by atoms with E-state index in [0.717, 1.165) is 10.2 Å². The lowest BCUT2D eigenvalue weighted by atomic mass is 10.3. The van der Waals surface area contributed by atoms with Crippen LogP contribution in [0, 0.1) is 0 Å². The first-order chi connectivity index (χ1) is 7.65. The summed E-state index contributed by atoms with van der Waals surface area (Å²) in [5.41, 5.74) is 1.30. The first kappa shape index (κ1) is 10.9. The number of benzene rings is 1. The van der Waals surface area contributed by atoms with Crippen molar-refractivity contribution >= 4 is 27.5 Å². The normalized spacial score (nSPS) is 10.1. The van der Waals surface area contributed by atoms with Gasteiger partial charge in [0.25, 0.3) is 5.91 Å². The summed E-state index contributed by atoms with van der Waals surface area (Å²) in [5.74, 6) is -0.161. The van der Waals surface area contributed by atoms with E-state index in [9.17, 15) is 4.79 Å². The van der Waals surface area contributed by atoms with Gasteiger partial charge in [-0.3, -0.25) is 9.48 Å². The molecule has 0 radical (unpaired) electrons. The molecular formula is C11H10BrN3O. The Morgan fingerprint density at radius 1 is 1.50 bits per heavy atom. The van der Waals surface area contributed by atoms with Crippen LogP contribution in [0.15, 0.2) is 41.1 Å². The average Bonchev–Trinajstić information content (AvgIpc) is 2.65. The maximum absolute atomic E-state index is 11.8. The van der Waals surface area contributed by atoms with Gasteiger partial charge in [0.2, 0.25) is 0 Å². The average molecular weight is 280 g/mol. The fourth-order valence-electron chi connectivity index (χ4n) is 1.31. The van der Waals surface area contributed by atoms with Gasteiger partial charge in [-0.25, -0.2) is 0 Å². The smallest absolute Gasteiger partial charge is 0.258 e. The van der Waals surface area contributed by atoms with Crippen LogP contribution >= 0.6 is 15.9 Å². The van der Waals surface area contributed by atoms with Crippen LogP contribution in [0.5, 0.6) is 0 Å². The molecule has 82 valence electrons. The standard InChI is InChI=1S/C11H10BrN3O/c1-15-7-8(6-13-15)11(16)14-10-4-2-3-9(12)5-10/h2-7H,1H3,(H,14,16). The van der Waals surface area contributed by atoms with Crippen molar-refractivity contribution in [1.82, 2.24) is 9.78 Å². The van der Waals surface area contributed by atoms with Crippen molar-refractivity contribution in [2.24, 2.45) is 7.05 Å². The summed E-state index contributed by atoms with van der Waals surface area (Å²) in [6.07, 6.45) is 3.21. The molecule has 0 saturated carbocycles. The fourth-order valence-corrected chi connectivity index (χ4v) is 1.71. The Morgan fingerprint density at radius 2 is 2.31 bits per heavy atom. The number of carbonyl (C=O) groups excluding carboxylic acids is 1. The molecule has 0 aliphatic carbocycles. The molecule has 0 spiro atoms. The van der Waals surface area contributed by atoms with Gasteiger partial charge in [0.15, 0.2) is 0 Å². The molecule has 2 aromatic rings. The third kappa shape index (κ3) is 2.49. The first-order valence-corrected chi connectivity index (χ1v) is 5.50.